The van der Waals surface area contributed by atoms with Crippen LogP contribution in [0.1, 0.15) is 0 Å². The van der Waals surface area contributed by atoms with Crippen LogP contribution in [0.2, 0.25) is 0 Å². The van der Waals surface area contributed by atoms with Gasteiger partial charge in [-0.15, -0.1) is 0 Å². The number of piperazine rings is 1. The highest BCUT2D eigenvalue weighted by molar-refractivity contribution is 7.89. The Kier molecular flexibility index (Phi) is 5.49. The van der Waals surface area contributed by atoms with Crippen molar-refractivity contribution in [3.8, 4) is 11.5 Å². The van der Waals surface area contributed by atoms with Crippen LogP contribution in [0.3, 0.4) is 0 Å². The molecule has 1 N–H and O–H groups in total. The Morgan fingerprint density at radius 1 is 1.12 bits per heavy atom. The number of sulfonamides is 1. The molecule has 3 aromatic rings. The van der Waals surface area contributed by atoms with Crippen LogP contribution in [0.25, 0.3) is 10.2 Å². The van der Waals surface area contributed by atoms with E-state index in [0.29, 0.717) is 53.0 Å². The Bertz CT molecular complexity index is 1270. The summed E-state index contributed by atoms with van der Waals surface area (Å²) in [5.41, 5.74) is 0.619. The maximum atomic E-state index is 13.0. The number of hydrogen-bond donors (Lipinski definition) is 1. The third-order valence-corrected chi connectivity index (χ3v) is 8.32. The van der Waals surface area contributed by atoms with Gasteiger partial charge in [-0.25, -0.2) is 13.4 Å². The highest BCUT2D eigenvalue weighted by Gasteiger charge is 2.29. The number of nitrogens with zero attached hydrogens (tertiary/aromatic N) is 3. The molecule has 0 aliphatic carbocycles. The molecule has 1 amide bonds. The molecule has 9 nitrogen and oxygen atoms in total. The van der Waals surface area contributed by atoms with Gasteiger partial charge in [-0.2, -0.15) is 4.31 Å². The Morgan fingerprint density at radius 3 is 2.66 bits per heavy atom. The molecule has 1 aromatic heterocycles. The van der Waals surface area contributed by atoms with Crippen LogP contribution < -0.4 is 14.8 Å². The fraction of sp³-hybridized carbons (Fsp3) is 0.333. The van der Waals surface area contributed by atoms with E-state index in [1.165, 1.54) is 15.6 Å². The van der Waals surface area contributed by atoms with Crippen molar-refractivity contribution in [2.75, 3.05) is 45.2 Å². The number of ether oxygens (including phenoxy) is 2. The lowest BCUT2D eigenvalue weighted by molar-refractivity contribution is -0.125. The van der Waals surface area contributed by atoms with Gasteiger partial charge in [-0.1, -0.05) is 23.5 Å². The number of carbonyl (C=O) groups is 1. The number of aromatic nitrogens is 1. The van der Waals surface area contributed by atoms with Gasteiger partial charge >= 0.3 is 0 Å². The van der Waals surface area contributed by atoms with Crippen molar-refractivity contribution >= 4 is 42.6 Å². The molecule has 5 rings (SSSR count). The fourth-order valence-electron chi connectivity index (χ4n) is 3.63. The summed E-state index contributed by atoms with van der Waals surface area (Å²) >= 11 is 1.22. The summed E-state index contributed by atoms with van der Waals surface area (Å²) < 4.78 is 39.6. The van der Waals surface area contributed by atoms with E-state index in [9.17, 15) is 13.2 Å². The quantitative estimate of drug-likeness (QED) is 0.617. The first-order valence-corrected chi connectivity index (χ1v) is 12.4. The number of amides is 1. The maximum Gasteiger partial charge on any atom is 0.270 e. The molecule has 2 aromatic carbocycles. The van der Waals surface area contributed by atoms with E-state index < -0.39 is 16.1 Å². The third kappa shape index (κ3) is 4.04. The summed E-state index contributed by atoms with van der Waals surface area (Å²) in [7, 11) is -1.60. The van der Waals surface area contributed by atoms with Gasteiger partial charge in [-0.3, -0.25) is 10.1 Å². The van der Waals surface area contributed by atoms with Crippen molar-refractivity contribution in [2.45, 2.75) is 11.0 Å². The lowest BCUT2D eigenvalue weighted by Crippen LogP contribution is -2.46. The highest BCUT2D eigenvalue weighted by Crippen LogP contribution is 2.32. The Labute approximate surface area is 189 Å². The summed E-state index contributed by atoms with van der Waals surface area (Å²) in [6, 6.07) is 12.0. The molecule has 2 aliphatic heterocycles. The van der Waals surface area contributed by atoms with E-state index in [4.69, 9.17) is 9.47 Å². The molecule has 0 saturated carbocycles. The van der Waals surface area contributed by atoms with Crippen molar-refractivity contribution in [1.82, 2.24) is 14.2 Å². The van der Waals surface area contributed by atoms with Crippen LogP contribution in [-0.4, -0.2) is 74.5 Å². The smallest absolute Gasteiger partial charge is 0.270 e. The minimum absolute atomic E-state index is 0.0984. The zero-order valence-corrected chi connectivity index (χ0v) is 19.0. The largest absolute Gasteiger partial charge is 0.485 e. The van der Waals surface area contributed by atoms with Crippen LogP contribution >= 0.6 is 11.3 Å². The molecular formula is C21H22N4O5S2. The average molecular weight is 475 g/mol. The van der Waals surface area contributed by atoms with Gasteiger partial charge < -0.3 is 14.4 Å². The van der Waals surface area contributed by atoms with Crippen LogP contribution in [-0.2, 0) is 14.8 Å². The zero-order chi connectivity index (χ0) is 22.3. The molecule has 1 atom stereocenters. The van der Waals surface area contributed by atoms with Crippen molar-refractivity contribution in [2.24, 2.45) is 0 Å². The van der Waals surface area contributed by atoms with E-state index in [2.05, 4.69) is 15.2 Å². The Morgan fingerprint density at radius 2 is 1.88 bits per heavy atom. The molecule has 3 heterocycles. The standard InChI is InChI=1S/C21H22N4O5S2/c1-24-8-10-25(11-9-24)32(27,28)14-6-7-15-19(12-14)31-21(22-15)23-20(26)18-13-29-16-4-2-3-5-17(16)30-18/h2-7,12,18H,8-11,13H2,1H3,(H,22,23,26). The first-order valence-electron chi connectivity index (χ1n) is 10.2. The normalized spacial score (nSPS) is 19.7. The number of likely N-dealkylation sites (N-methyl/N-ethyl adjacent to an activating group) is 1. The number of carbonyl (C=O) groups excluding carboxylic acids is 1. The number of fused-ring (bicyclic) bond motifs is 2. The van der Waals surface area contributed by atoms with Crippen molar-refractivity contribution in [3.63, 3.8) is 0 Å². The van der Waals surface area contributed by atoms with Crippen LogP contribution in [0, 0.1) is 0 Å². The topological polar surface area (TPSA) is 101 Å². The van der Waals surface area contributed by atoms with Crippen LogP contribution in [0.4, 0.5) is 5.13 Å². The predicted octanol–water partition coefficient (Wildman–Crippen LogP) is 2.01. The predicted molar refractivity (Wildman–Crippen MR) is 121 cm³/mol. The van der Waals surface area contributed by atoms with E-state index in [1.807, 2.05) is 19.2 Å². The van der Waals surface area contributed by atoms with Gasteiger partial charge in [0.25, 0.3) is 5.91 Å². The number of thiazole rings is 1. The molecule has 1 fully saturated rings. The highest BCUT2D eigenvalue weighted by atomic mass is 32.2. The summed E-state index contributed by atoms with van der Waals surface area (Å²) in [4.78, 5) is 19.4. The second-order valence-corrected chi connectivity index (χ2v) is 10.7. The number of benzene rings is 2. The van der Waals surface area contributed by atoms with E-state index in [1.54, 1.807) is 30.3 Å². The van der Waals surface area contributed by atoms with Gasteiger partial charge in [0.15, 0.2) is 16.6 Å². The lowest BCUT2D eigenvalue weighted by Gasteiger charge is -2.31. The first-order chi connectivity index (χ1) is 15.4. The summed E-state index contributed by atoms with van der Waals surface area (Å²) in [6.07, 6.45) is -0.801. The minimum atomic E-state index is -3.57. The molecule has 11 heteroatoms. The molecule has 1 unspecified atom stereocenters. The van der Waals surface area contributed by atoms with E-state index in [0.717, 1.165) is 0 Å². The van der Waals surface area contributed by atoms with Crippen LogP contribution in [0.15, 0.2) is 47.4 Å². The number of anilines is 1. The van der Waals surface area contributed by atoms with E-state index >= 15 is 0 Å². The second kappa shape index (κ2) is 8.32. The molecule has 168 valence electrons. The summed E-state index contributed by atoms with van der Waals surface area (Å²) in [5.74, 6) is 0.747. The van der Waals surface area contributed by atoms with Gasteiger partial charge in [0.2, 0.25) is 16.1 Å². The monoisotopic (exact) mass is 474 g/mol. The van der Waals surface area contributed by atoms with Gasteiger partial charge in [0.05, 0.1) is 15.1 Å². The van der Waals surface area contributed by atoms with Gasteiger partial charge in [-0.05, 0) is 37.4 Å². The van der Waals surface area contributed by atoms with Crippen LogP contribution in [0.5, 0.6) is 11.5 Å². The summed E-state index contributed by atoms with van der Waals surface area (Å²) in [5, 5.41) is 3.13. The van der Waals surface area contributed by atoms with Crippen molar-refractivity contribution < 1.29 is 22.7 Å². The third-order valence-electron chi connectivity index (χ3n) is 5.49. The zero-order valence-electron chi connectivity index (χ0n) is 17.4. The molecular weight excluding hydrogens is 452 g/mol. The lowest BCUT2D eigenvalue weighted by atomic mass is 10.2. The van der Waals surface area contributed by atoms with Gasteiger partial charge in [0, 0.05) is 26.2 Å². The Hall–Kier alpha value is -2.73. The molecule has 32 heavy (non-hydrogen) atoms. The Balaban J connectivity index is 1.32. The number of hydrogen-bond acceptors (Lipinski definition) is 8. The first kappa shape index (κ1) is 21.1. The molecule has 2 aliphatic rings. The molecule has 1 saturated heterocycles. The van der Waals surface area contributed by atoms with Crippen molar-refractivity contribution in [3.05, 3.63) is 42.5 Å². The van der Waals surface area contributed by atoms with Crippen molar-refractivity contribution in [1.29, 1.82) is 0 Å². The average Bonchev–Trinajstić information content (AvgIpc) is 3.20. The maximum absolute atomic E-state index is 13.0. The minimum Gasteiger partial charge on any atom is -0.485 e. The fourth-order valence-corrected chi connectivity index (χ4v) is 6.06. The molecule has 0 spiro atoms. The molecule has 0 radical (unpaired) electrons. The number of para-hydroxylation sites is 2. The second-order valence-electron chi connectivity index (χ2n) is 7.71. The van der Waals surface area contributed by atoms with E-state index in [-0.39, 0.29) is 17.4 Å². The molecule has 0 bridgehead atoms. The number of nitrogens with one attached hydrogen (secondary N) is 1. The van der Waals surface area contributed by atoms with Gasteiger partial charge in [0.1, 0.15) is 6.61 Å². The SMILES string of the molecule is CN1CCN(S(=O)(=O)c2ccc3nc(NC(=O)C4COc5ccccc5O4)sc3c2)CC1. The number of rotatable bonds is 4. The summed E-state index contributed by atoms with van der Waals surface area (Å²) in [6.45, 7) is 2.44.